The Labute approximate surface area is 91.8 Å². The van der Waals surface area contributed by atoms with E-state index in [4.69, 9.17) is 0 Å². The highest BCUT2D eigenvalue weighted by atomic mass is 16.3. The monoisotopic (exact) mass is 214 g/mol. The van der Waals surface area contributed by atoms with Crippen LogP contribution in [0, 0.1) is 0 Å². The lowest BCUT2D eigenvalue weighted by Crippen LogP contribution is -2.56. The summed E-state index contributed by atoms with van der Waals surface area (Å²) in [5.41, 5.74) is -0.481. The number of carbonyl (C=O) groups is 1. The zero-order chi connectivity index (χ0) is 12.1. The fourth-order valence-corrected chi connectivity index (χ4v) is 1.07. The normalized spacial score (nSPS) is 15.5. The first-order valence-corrected chi connectivity index (χ1v) is 5.15. The summed E-state index contributed by atoms with van der Waals surface area (Å²) >= 11 is 0. The minimum absolute atomic E-state index is 0.0939. The summed E-state index contributed by atoms with van der Waals surface area (Å²) in [6, 6.07) is -0.338. The fourth-order valence-electron chi connectivity index (χ4n) is 1.07. The van der Waals surface area contributed by atoms with Crippen LogP contribution in [0.1, 0.15) is 27.7 Å². The third kappa shape index (κ3) is 4.95. The molecule has 0 aromatic rings. The smallest absolute Gasteiger partial charge is 0.237 e. The van der Waals surface area contributed by atoms with Crippen molar-refractivity contribution in [2.45, 2.75) is 45.4 Å². The van der Waals surface area contributed by atoms with E-state index in [1.54, 1.807) is 19.9 Å². The van der Waals surface area contributed by atoms with Crippen LogP contribution in [-0.4, -0.2) is 35.2 Å². The summed E-state index contributed by atoms with van der Waals surface area (Å²) in [4.78, 5) is 11.5. The van der Waals surface area contributed by atoms with E-state index < -0.39 is 11.6 Å². The van der Waals surface area contributed by atoms with Gasteiger partial charge in [0.15, 0.2) is 0 Å². The quantitative estimate of drug-likeness (QED) is 0.562. The molecular formula is C11H22N2O2. The van der Waals surface area contributed by atoms with Gasteiger partial charge >= 0.3 is 0 Å². The Bertz CT molecular complexity index is 225. The van der Waals surface area contributed by atoms with Gasteiger partial charge < -0.3 is 10.4 Å². The first kappa shape index (κ1) is 14.1. The van der Waals surface area contributed by atoms with E-state index >= 15 is 0 Å². The van der Waals surface area contributed by atoms with Gasteiger partial charge in [-0.3, -0.25) is 10.1 Å². The summed E-state index contributed by atoms with van der Waals surface area (Å²) in [5.74, 6) is -0.0939. The molecule has 3 N–H and O–H groups in total. The van der Waals surface area contributed by atoms with E-state index in [1.165, 1.54) is 0 Å². The van der Waals surface area contributed by atoms with Crippen LogP contribution in [0.4, 0.5) is 0 Å². The standard InChI is InChI=1S/C11H22N2O2/c1-6-7-12-10(15)8(2)13-11(4,5)9(3)14/h6,8-9,13-14H,1,7H2,2-5H3,(H,12,15). The maximum atomic E-state index is 11.5. The van der Waals surface area contributed by atoms with E-state index in [1.807, 2.05) is 13.8 Å². The molecule has 4 heteroatoms. The molecule has 4 nitrogen and oxygen atoms in total. The molecule has 1 amide bonds. The lowest BCUT2D eigenvalue weighted by molar-refractivity contribution is -0.123. The predicted octanol–water partition coefficient (Wildman–Crippen LogP) is 0.426. The van der Waals surface area contributed by atoms with Crippen molar-refractivity contribution >= 4 is 5.91 Å². The van der Waals surface area contributed by atoms with Crippen LogP contribution >= 0.6 is 0 Å². The highest BCUT2D eigenvalue weighted by molar-refractivity contribution is 5.81. The van der Waals surface area contributed by atoms with Crippen molar-refractivity contribution in [3.05, 3.63) is 12.7 Å². The van der Waals surface area contributed by atoms with Crippen LogP contribution in [0.5, 0.6) is 0 Å². The molecule has 0 saturated heterocycles. The molecule has 0 aliphatic heterocycles. The zero-order valence-electron chi connectivity index (χ0n) is 10.0. The molecule has 0 spiro atoms. The minimum Gasteiger partial charge on any atom is -0.392 e. The number of aliphatic hydroxyl groups is 1. The van der Waals surface area contributed by atoms with Crippen molar-refractivity contribution in [1.82, 2.24) is 10.6 Å². The number of carbonyl (C=O) groups excluding carboxylic acids is 1. The third-order valence-electron chi connectivity index (χ3n) is 2.45. The van der Waals surface area contributed by atoms with E-state index in [9.17, 15) is 9.90 Å². The van der Waals surface area contributed by atoms with Crippen molar-refractivity contribution in [2.24, 2.45) is 0 Å². The summed E-state index contributed by atoms with van der Waals surface area (Å²) in [5, 5.41) is 15.2. The van der Waals surface area contributed by atoms with Gasteiger partial charge in [0, 0.05) is 12.1 Å². The molecule has 0 aliphatic carbocycles. The van der Waals surface area contributed by atoms with Gasteiger partial charge in [-0.15, -0.1) is 6.58 Å². The second kappa shape index (κ2) is 5.88. The summed E-state index contributed by atoms with van der Waals surface area (Å²) in [6.45, 7) is 11.2. The summed E-state index contributed by atoms with van der Waals surface area (Å²) in [7, 11) is 0. The van der Waals surface area contributed by atoms with Gasteiger partial charge in [-0.05, 0) is 27.7 Å². The predicted molar refractivity (Wildman–Crippen MR) is 61.6 cm³/mol. The number of aliphatic hydroxyl groups excluding tert-OH is 1. The molecule has 2 atom stereocenters. The molecule has 0 aromatic carbocycles. The highest BCUT2D eigenvalue weighted by Crippen LogP contribution is 2.09. The summed E-state index contributed by atoms with van der Waals surface area (Å²) < 4.78 is 0. The lowest BCUT2D eigenvalue weighted by Gasteiger charge is -2.32. The van der Waals surface area contributed by atoms with Crippen LogP contribution in [-0.2, 0) is 4.79 Å². The molecule has 0 fully saturated rings. The molecule has 0 rings (SSSR count). The number of nitrogens with one attached hydrogen (secondary N) is 2. The lowest BCUT2D eigenvalue weighted by atomic mass is 9.97. The highest BCUT2D eigenvalue weighted by Gasteiger charge is 2.27. The Morgan fingerprint density at radius 2 is 2.07 bits per heavy atom. The SMILES string of the molecule is C=CCNC(=O)C(C)NC(C)(C)C(C)O. The Morgan fingerprint density at radius 1 is 1.53 bits per heavy atom. The maximum Gasteiger partial charge on any atom is 0.237 e. The van der Waals surface area contributed by atoms with Crippen LogP contribution < -0.4 is 10.6 Å². The Kier molecular flexibility index (Phi) is 5.54. The average molecular weight is 214 g/mol. The molecule has 88 valence electrons. The van der Waals surface area contributed by atoms with Gasteiger partial charge in [0.25, 0.3) is 0 Å². The molecule has 0 aromatic heterocycles. The molecule has 2 unspecified atom stereocenters. The van der Waals surface area contributed by atoms with Gasteiger partial charge in [0.05, 0.1) is 12.1 Å². The number of amides is 1. The minimum atomic E-state index is -0.521. The summed E-state index contributed by atoms with van der Waals surface area (Å²) in [6.07, 6.45) is 1.11. The van der Waals surface area contributed by atoms with E-state index in [-0.39, 0.29) is 11.9 Å². The molecule has 0 saturated carbocycles. The Balaban J connectivity index is 4.17. The van der Waals surface area contributed by atoms with Gasteiger partial charge in [-0.2, -0.15) is 0 Å². The van der Waals surface area contributed by atoms with Crippen molar-refractivity contribution in [3.63, 3.8) is 0 Å². The topological polar surface area (TPSA) is 61.4 Å². The van der Waals surface area contributed by atoms with Crippen LogP contribution in [0.3, 0.4) is 0 Å². The zero-order valence-corrected chi connectivity index (χ0v) is 10.0. The largest absolute Gasteiger partial charge is 0.392 e. The van der Waals surface area contributed by atoms with E-state index in [0.717, 1.165) is 0 Å². The second-order valence-corrected chi connectivity index (χ2v) is 4.30. The van der Waals surface area contributed by atoms with Gasteiger partial charge in [0.1, 0.15) is 0 Å². The maximum absolute atomic E-state index is 11.5. The molecule has 0 radical (unpaired) electrons. The van der Waals surface area contributed by atoms with E-state index in [2.05, 4.69) is 17.2 Å². The van der Waals surface area contributed by atoms with Gasteiger partial charge in [-0.1, -0.05) is 6.08 Å². The molecule has 0 aliphatic rings. The van der Waals surface area contributed by atoms with Crippen LogP contribution in [0.15, 0.2) is 12.7 Å². The fraction of sp³-hybridized carbons (Fsp3) is 0.727. The number of hydrogen-bond donors (Lipinski definition) is 3. The first-order valence-electron chi connectivity index (χ1n) is 5.15. The number of rotatable bonds is 6. The van der Waals surface area contributed by atoms with Crippen LogP contribution in [0.25, 0.3) is 0 Å². The van der Waals surface area contributed by atoms with Gasteiger partial charge in [0.2, 0.25) is 5.91 Å². The first-order chi connectivity index (χ1) is 6.81. The second-order valence-electron chi connectivity index (χ2n) is 4.30. The Morgan fingerprint density at radius 3 is 2.47 bits per heavy atom. The molecule has 0 heterocycles. The van der Waals surface area contributed by atoms with E-state index in [0.29, 0.717) is 6.54 Å². The molecular weight excluding hydrogens is 192 g/mol. The number of hydrogen-bond acceptors (Lipinski definition) is 3. The van der Waals surface area contributed by atoms with Crippen molar-refractivity contribution < 1.29 is 9.90 Å². The van der Waals surface area contributed by atoms with Crippen LogP contribution in [0.2, 0.25) is 0 Å². The average Bonchev–Trinajstić information content (AvgIpc) is 2.13. The molecule has 15 heavy (non-hydrogen) atoms. The van der Waals surface area contributed by atoms with Crippen molar-refractivity contribution in [1.29, 1.82) is 0 Å². The van der Waals surface area contributed by atoms with Crippen molar-refractivity contribution in [2.75, 3.05) is 6.54 Å². The Hall–Kier alpha value is -0.870. The third-order valence-corrected chi connectivity index (χ3v) is 2.45. The molecule has 0 bridgehead atoms. The van der Waals surface area contributed by atoms with Crippen molar-refractivity contribution in [3.8, 4) is 0 Å². The van der Waals surface area contributed by atoms with Gasteiger partial charge in [-0.25, -0.2) is 0 Å².